The third-order valence-electron chi connectivity index (χ3n) is 5.79. The lowest BCUT2D eigenvalue weighted by atomic mass is 10.0. The Bertz CT molecular complexity index is 1070. The number of unbranched alkanes of at least 4 members (excludes halogenated alkanes) is 2. The first-order chi connectivity index (χ1) is 14.8. The number of H-pyrrole nitrogens is 1. The van der Waals surface area contributed by atoms with Gasteiger partial charge in [0.15, 0.2) is 9.84 Å². The molecule has 1 aliphatic carbocycles. The summed E-state index contributed by atoms with van der Waals surface area (Å²) in [4.78, 5) is 24.9. The van der Waals surface area contributed by atoms with Gasteiger partial charge in [-0.1, -0.05) is 25.5 Å². The van der Waals surface area contributed by atoms with Gasteiger partial charge in [0, 0.05) is 18.8 Å². The number of sulfone groups is 1. The minimum atomic E-state index is -3.18. The van der Waals surface area contributed by atoms with Gasteiger partial charge in [-0.25, -0.2) is 13.2 Å². The van der Waals surface area contributed by atoms with Gasteiger partial charge >= 0.3 is 5.69 Å². The van der Waals surface area contributed by atoms with Crippen LogP contribution in [0.25, 0.3) is 0 Å². The van der Waals surface area contributed by atoms with Gasteiger partial charge in [-0.2, -0.15) is 0 Å². The van der Waals surface area contributed by atoms with Gasteiger partial charge in [-0.3, -0.25) is 9.78 Å². The molecule has 0 bridgehead atoms. The molecule has 0 spiro atoms. The summed E-state index contributed by atoms with van der Waals surface area (Å²) in [5.41, 5.74) is 0.127. The quantitative estimate of drug-likeness (QED) is 0.532. The molecule has 1 heterocycles. The number of hydrogen-bond acceptors (Lipinski definition) is 5. The maximum Gasteiger partial charge on any atom is 0.328 e. The van der Waals surface area contributed by atoms with E-state index in [1.807, 2.05) is 31.2 Å². The minimum absolute atomic E-state index is 0.100. The molecule has 7 nitrogen and oxygen atoms in total. The molecule has 31 heavy (non-hydrogen) atoms. The Morgan fingerprint density at radius 2 is 1.90 bits per heavy atom. The highest BCUT2D eigenvalue weighted by atomic mass is 32.2. The van der Waals surface area contributed by atoms with Crippen molar-refractivity contribution in [3.05, 3.63) is 62.9 Å². The van der Waals surface area contributed by atoms with Crippen molar-refractivity contribution >= 4 is 9.84 Å². The van der Waals surface area contributed by atoms with Gasteiger partial charge in [0.05, 0.1) is 17.6 Å². The molecule has 1 N–H and O–H groups in total. The third kappa shape index (κ3) is 7.38. The lowest BCUT2D eigenvalue weighted by molar-refractivity contribution is 0.210. The zero-order valence-corrected chi connectivity index (χ0v) is 18.9. The van der Waals surface area contributed by atoms with Crippen LogP contribution >= 0.6 is 0 Å². The molecule has 1 fully saturated rings. The standard InChI is InChI=1S/C23H32N2O5S/c1-18(19-8-7-11-21(16-19)30-20-9-3-4-10-20)17-31(28,29)15-6-2-5-13-25-14-12-22(26)24-23(25)27/h7-8,11-12,14,16,18,20H,2-6,9-10,13,15,17H2,1H3,(H,24,26,27)/t18-/m0/s1. The Labute approximate surface area is 183 Å². The molecule has 0 saturated heterocycles. The number of ether oxygens (including phenoxy) is 1. The fourth-order valence-corrected chi connectivity index (χ4v) is 5.82. The van der Waals surface area contributed by atoms with Crippen molar-refractivity contribution in [1.82, 2.24) is 9.55 Å². The van der Waals surface area contributed by atoms with Crippen LogP contribution in [0.4, 0.5) is 0 Å². The SMILES string of the molecule is C[C@@H](CS(=O)(=O)CCCCCn1ccc(=O)[nH]c1=O)c1cccc(OC2CCCC2)c1. The lowest BCUT2D eigenvalue weighted by Crippen LogP contribution is -2.28. The molecule has 1 aromatic heterocycles. The van der Waals surface area contributed by atoms with Gasteiger partial charge in [-0.15, -0.1) is 0 Å². The van der Waals surface area contributed by atoms with E-state index in [4.69, 9.17) is 4.74 Å². The molecule has 0 aliphatic heterocycles. The maximum atomic E-state index is 12.6. The van der Waals surface area contributed by atoms with Crippen LogP contribution in [0.3, 0.4) is 0 Å². The first-order valence-corrected chi connectivity index (χ1v) is 12.9. The largest absolute Gasteiger partial charge is 0.490 e. The van der Waals surface area contributed by atoms with Gasteiger partial charge in [0.2, 0.25) is 0 Å². The van der Waals surface area contributed by atoms with Crippen LogP contribution in [0.15, 0.2) is 46.1 Å². The van der Waals surface area contributed by atoms with E-state index in [1.165, 1.54) is 29.7 Å². The maximum absolute atomic E-state index is 12.6. The Balaban J connectivity index is 1.44. The zero-order valence-electron chi connectivity index (χ0n) is 18.1. The number of rotatable bonds is 11. The first kappa shape index (κ1) is 23.3. The molecular weight excluding hydrogens is 416 g/mol. The number of aryl methyl sites for hydroxylation is 1. The van der Waals surface area contributed by atoms with Crippen LogP contribution in [0.1, 0.15) is 63.4 Å². The van der Waals surface area contributed by atoms with Crippen LogP contribution in [-0.4, -0.2) is 35.6 Å². The van der Waals surface area contributed by atoms with Crippen LogP contribution < -0.4 is 16.0 Å². The van der Waals surface area contributed by atoms with Crippen LogP contribution in [0.2, 0.25) is 0 Å². The van der Waals surface area contributed by atoms with Crippen LogP contribution in [0, 0.1) is 0 Å². The average molecular weight is 449 g/mol. The summed E-state index contributed by atoms with van der Waals surface area (Å²) in [6.07, 6.45) is 8.27. The van der Waals surface area contributed by atoms with Crippen molar-refractivity contribution in [2.24, 2.45) is 0 Å². The second kappa shape index (κ2) is 10.8. The van der Waals surface area contributed by atoms with Crippen molar-refractivity contribution < 1.29 is 13.2 Å². The molecular formula is C23H32N2O5S. The van der Waals surface area contributed by atoms with E-state index >= 15 is 0 Å². The molecule has 1 atom stereocenters. The Morgan fingerprint density at radius 1 is 1.13 bits per heavy atom. The number of benzene rings is 1. The Hall–Kier alpha value is -2.35. The molecule has 1 saturated carbocycles. The van der Waals surface area contributed by atoms with Crippen LogP contribution in [0.5, 0.6) is 5.75 Å². The predicted octanol–water partition coefficient (Wildman–Crippen LogP) is 3.25. The Kier molecular flexibility index (Phi) is 8.12. The van der Waals surface area contributed by atoms with E-state index in [0.29, 0.717) is 25.8 Å². The van der Waals surface area contributed by atoms with Crippen molar-refractivity contribution in [2.75, 3.05) is 11.5 Å². The number of nitrogens with one attached hydrogen (secondary N) is 1. The first-order valence-electron chi connectivity index (χ1n) is 11.1. The summed E-state index contributed by atoms with van der Waals surface area (Å²) in [5.74, 6) is 0.970. The molecule has 3 rings (SSSR count). The molecule has 1 aliphatic rings. The summed E-state index contributed by atoms with van der Waals surface area (Å²) in [7, 11) is -3.18. The van der Waals surface area contributed by atoms with E-state index in [9.17, 15) is 18.0 Å². The molecule has 0 amide bonds. The summed E-state index contributed by atoms with van der Waals surface area (Å²) in [5, 5.41) is 0. The average Bonchev–Trinajstić information content (AvgIpc) is 3.22. The smallest absolute Gasteiger partial charge is 0.328 e. The third-order valence-corrected chi connectivity index (χ3v) is 7.71. The number of aromatic amines is 1. The normalized spacial score (nSPS) is 15.8. The predicted molar refractivity (Wildman–Crippen MR) is 122 cm³/mol. The van der Waals surface area contributed by atoms with Gasteiger partial charge in [-0.05, 0) is 62.1 Å². The fraction of sp³-hybridized carbons (Fsp3) is 0.565. The molecule has 0 radical (unpaired) electrons. The van der Waals surface area contributed by atoms with Gasteiger partial charge in [0.25, 0.3) is 5.56 Å². The van der Waals surface area contributed by atoms with Crippen LogP contribution in [-0.2, 0) is 16.4 Å². The van der Waals surface area contributed by atoms with Crippen molar-refractivity contribution in [2.45, 2.75) is 70.4 Å². The summed E-state index contributed by atoms with van der Waals surface area (Å²) in [6, 6.07) is 9.11. The fourth-order valence-electron chi connectivity index (χ4n) is 4.05. The molecule has 2 aromatic rings. The summed E-state index contributed by atoms with van der Waals surface area (Å²) >= 11 is 0. The zero-order chi connectivity index (χ0) is 22.3. The van der Waals surface area contributed by atoms with Crippen molar-refractivity contribution in [3.63, 3.8) is 0 Å². The van der Waals surface area contributed by atoms with Gasteiger partial charge in [0.1, 0.15) is 5.75 Å². The number of hydrogen-bond donors (Lipinski definition) is 1. The lowest BCUT2D eigenvalue weighted by Gasteiger charge is -2.16. The number of nitrogens with zero attached hydrogens (tertiary/aromatic N) is 1. The molecule has 0 unspecified atom stereocenters. The van der Waals surface area contributed by atoms with E-state index in [0.717, 1.165) is 24.2 Å². The second-order valence-electron chi connectivity index (χ2n) is 8.48. The molecule has 1 aromatic carbocycles. The second-order valence-corrected chi connectivity index (χ2v) is 10.7. The highest BCUT2D eigenvalue weighted by molar-refractivity contribution is 7.91. The monoisotopic (exact) mass is 448 g/mol. The summed E-state index contributed by atoms with van der Waals surface area (Å²) < 4.78 is 32.6. The molecule has 8 heteroatoms. The van der Waals surface area contributed by atoms with E-state index in [-0.39, 0.29) is 23.5 Å². The minimum Gasteiger partial charge on any atom is -0.490 e. The van der Waals surface area contributed by atoms with E-state index in [2.05, 4.69) is 4.98 Å². The number of aromatic nitrogens is 2. The van der Waals surface area contributed by atoms with Crippen molar-refractivity contribution in [3.8, 4) is 5.75 Å². The topological polar surface area (TPSA) is 98.2 Å². The van der Waals surface area contributed by atoms with Gasteiger partial charge < -0.3 is 9.30 Å². The highest BCUT2D eigenvalue weighted by Gasteiger charge is 2.19. The van der Waals surface area contributed by atoms with E-state index in [1.54, 1.807) is 0 Å². The van der Waals surface area contributed by atoms with E-state index < -0.39 is 21.1 Å². The highest BCUT2D eigenvalue weighted by Crippen LogP contribution is 2.27. The Morgan fingerprint density at radius 3 is 2.65 bits per heavy atom. The molecule has 170 valence electrons. The van der Waals surface area contributed by atoms with Crippen molar-refractivity contribution in [1.29, 1.82) is 0 Å². The summed E-state index contributed by atoms with van der Waals surface area (Å²) in [6.45, 7) is 2.40.